The third kappa shape index (κ3) is 4.44. The number of hydrogen-bond donors (Lipinski definition) is 1. The van der Waals surface area contributed by atoms with E-state index in [1.54, 1.807) is 29.6 Å². The van der Waals surface area contributed by atoms with Gasteiger partial charge in [0.25, 0.3) is 5.91 Å². The van der Waals surface area contributed by atoms with Gasteiger partial charge in [-0.3, -0.25) is 4.79 Å². The lowest BCUT2D eigenvalue weighted by Gasteiger charge is -2.15. The second-order valence-electron chi connectivity index (χ2n) is 6.57. The molecule has 1 aromatic heterocycles. The molecule has 166 valence electrons. The number of anilines is 1. The molecule has 2 heterocycles. The van der Waals surface area contributed by atoms with Crippen LogP contribution in [0.4, 0.5) is 5.69 Å². The molecule has 0 atom stereocenters. The zero-order valence-electron chi connectivity index (χ0n) is 17.1. The van der Waals surface area contributed by atoms with Crippen molar-refractivity contribution in [3.8, 4) is 23.0 Å². The van der Waals surface area contributed by atoms with E-state index in [1.165, 1.54) is 37.7 Å². The standard InChI is InChI=1S/C22H18ClNO7S/c1-27-16-8-13(15(9-17(16)28-2)24-21(25)19-4-3-5-32-19)22(26)29-10-12-6-14(23)20-18(7-12)30-11-31-20/h3-9H,10-11H2,1-2H3,(H,24,25). The summed E-state index contributed by atoms with van der Waals surface area (Å²) in [6.45, 7) is 0.0130. The number of thiophene rings is 1. The Kier molecular flexibility index (Phi) is 6.38. The van der Waals surface area contributed by atoms with Crippen molar-refractivity contribution in [2.75, 3.05) is 26.3 Å². The minimum Gasteiger partial charge on any atom is -0.493 e. The Hall–Kier alpha value is -3.43. The molecule has 4 rings (SSSR count). The summed E-state index contributed by atoms with van der Waals surface area (Å²) in [6.07, 6.45) is 0. The van der Waals surface area contributed by atoms with Crippen LogP contribution >= 0.6 is 22.9 Å². The van der Waals surface area contributed by atoms with Crippen molar-refractivity contribution in [2.24, 2.45) is 0 Å². The van der Waals surface area contributed by atoms with Gasteiger partial charge in [0.2, 0.25) is 6.79 Å². The van der Waals surface area contributed by atoms with Gasteiger partial charge in [0, 0.05) is 12.1 Å². The SMILES string of the molecule is COc1cc(NC(=O)c2cccs2)c(C(=O)OCc2cc(Cl)c3c(c2)OCO3)cc1OC. The molecular formula is C22H18ClNO7S. The van der Waals surface area contributed by atoms with Crippen molar-refractivity contribution in [1.82, 2.24) is 0 Å². The van der Waals surface area contributed by atoms with Gasteiger partial charge in [0.1, 0.15) is 6.61 Å². The van der Waals surface area contributed by atoms with Crippen LogP contribution in [0.15, 0.2) is 41.8 Å². The van der Waals surface area contributed by atoms with E-state index < -0.39 is 5.97 Å². The number of fused-ring (bicyclic) bond motifs is 1. The van der Waals surface area contributed by atoms with E-state index in [9.17, 15) is 9.59 Å². The fourth-order valence-corrected chi connectivity index (χ4v) is 3.98. The first-order valence-corrected chi connectivity index (χ1v) is 10.6. The molecule has 0 fully saturated rings. The summed E-state index contributed by atoms with van der Waals surface area (Å²) >= 11 is 7.47. The van der Waals surface area contributed by atoms with Crippen LogP contribution in [0.25, 0.3) is 0 Å². The van der Waals surface area contributed by atoms with E-state index in [0.29, 0.717) is 38.5 Å². The van der Waals surface area contributed by atoms with Gasteiger partial charge in [0.05, 0.1) is 35.4 Å². The van der Waals surface area contributed by atoms with E-state index in [0.717, 1.165) is 0 Å². The Morgan fingerprint density at radius 1 is 1.12 bits per heavy atom. The number of hydrogen-bond acceptors (Lipinski definition) is 8. The Morgan fingerprint density at radius 2 is 1.91 bits per heavy atom. The lowest BCUT2D eigenvalue weighted by atomic mass is 10.1. The van der Waals surface area contributed by atoms with E-state index in [-0.39, 0.29) is 30.6 Å². The van der Waals surface area contributed by atoms with Crippen molar-refractivity contribution < 1.29 is 33.3 Å². The van der Waals surface area contributed by atoms with Crippen molar-refractivity contribution in [1.29, 1.82) is 0 Å². The first kappa shape index (κ1) is 21.8. The van der Waals surface area contributed by atoms with Gasteiger partial charge in [-0.1, -0.05) is 17.7 Å². The number of esters is 1. The second-order valence-corrected chi connectivity index (χ2v) is 7.93. The first-order chi connectivity index (χ1) is 15.5. The third-order valence-electron chi connectivity index (χ3n) is 4.59. The third-order valence-corrected chi connectivity index (χ3v) is 5.74. The van der Waals surface area contributed by atoms with Crippen LogP contribution in [-0.4, -0.2) is 32.9 Å². The topological polar surface area (TPSA) is 92.3 Å². The fraction of sp³-hybridized carbons (Fsp3) is 0.182. The number of rotatable bonds is 7. The van der Waals surface area contributed by atoms with Gasteiger partial charge in [-0.05, 0) is 29.1 Å². The molecule has 32 heavy (non-hydrogen) atoms. The molecule has 1 aliphatic heterocycles. The molecule has 0 radical (unpaired) electrons. The molecule has 3 aromatic rings. The highest BCUT2D eigenvalue weighted by Crippen LogP contribution is 2.40. The number of carbonyl (C=O) groups is 2. The van der Waals surface area contributed by atoms with Crippen LogP contribution in [-0.2, 0) is 11.3 Å². The van der Waals surface area contributed by atoms with Crippen LogP contribution in [0, 0.1) is 0 Å². The Labute approximate surface area is 192 Å². The highest BCUT2D eigenvalue weighted by atomic mass is 35.5. The van der Waals surface area contributed by atoms with Gasteiger partial charge >= 0.3 is 5.97 Å². The molecule has 0 saturated heterocycles. The van der Waals surface area contributed by atoms with E-state index in [1.807, 2.05) is 0 Å². The van der Waals surface area contributed by atoms with Crippen LogP contribution in [0.3, 0.4) is 0 Å². The van der Waals surface area contributed by atoms with Gasteiger partial charge in [0.15, 0.2) is 23.0 Å². The van der Waals surface area contributed by atoms with Crippen LogP contribution < -0.4 is 24.3 Å². The summed E-state index contributed by atoms with van der Waals surface area (Å²) < 4.78 is 26.7. The minimum absolute atomic E-state index is 0.0676. The van der Waals surface area contributed by atoms with E-state index >= 15 is 0 Å². The van der Waals surface area contributed by atoms with Crippen molar-refractivity contribution in [2.45, 2.75) is 6.61 Å². The Balaban J connectivity index is 1.58. The highest BCUT2D eigenvalue weighted by Gasteiger charge is 2.22. The predicted molar refractivity (Wildman–Crippen MR) is 119 cm³/mol. The van der Waals surface area contributed by atoms with Crippen molar-refractivity contribution >= 4 is 40.5 Å². The fourth-order valence-electron chi connectivity index (χ4n) is 3.07. The zero-order chi connectivity index (χ0) is 22.7. The normalized spacial score (nSPS) is 11.7. The average molecular weight is 476 g/mol. The minimum atomic E-state index is -0.666. The smallest absolute Gasteiger partial charge is 0.340 e. The second kappa shape index (κ2) is 9.37. The number of ether oxygens (including phenoxy) is 5. The van der Waals surface area contributed by atoms with Crippen molar-refractivity contribution in [3.63, 3.8) is 0 Å². The van der Waals surface area contributed by atoms with Gasteiger partial charge in [-0.15, -0.1) is 11.3 Å². The van der Waals surface area contributed by atoms with Crippen molar-refractivity contribution in [3.05, 3.63) is 62.8 Å². The van der Waals surface area contributed by atoms with Crippen LogP contribution in [0.5, 0.6) is 23.0 Å². The van der Waals surface area contributed by atoms with Gasteiger partial charge in [-0.2, -0.15) is 0 Å². The van der Waals surface area contributed by atoms with E-state index in [2.05, 4.69) is 5.32 Å². The number of benzene rings is 2. The Morgan fingerprint density at radius 3 is 2.62 bits per heavy atom. The van der Waals surface area contributed by atoms with Crippen LogP contribution in [0.2, 0.25) is 5.02 Å². The number of amides is 1. The molecular weight excluding hydrogens is 458 g/mol. The van der Waals surface area contributed by atoms with E-state index in [4.69, 9.17) is 35.3 Å². The quantitative estimate of drug-likeness (QED) is 0.492. The molecule has 0 bridgehead atoms. The maximum Gasteiger partial charge on any atom is 0.340 e. The maximum atomic E-state index is 12.9. The number of nitrogens with one attached hydrogen (secondary N) is 1. The molecule has 1 aliphatic rings. The summed E-state index contributed by atoms with van der Waals surface area (Å²) in [5.41, 5.74) is 0.964. The number of carbonyl (C=O) groups excluding carboxylic acids is 2. The molecule has 8 nitrogen and oxygen atoms in total. The molecule has 2 aromatic carbocycles. The molecule has 0 unspecified atom stereocenters. The van der Waals surface area contributed by atoms with Crippen LogP contribution in [0.1, 0.15) is 25.6 Å². The molecule has 0 aliphatic carbocycles. The summed E-state index contributed by atoms with van der Waals surface area (Å²) in [4.78, 5) is 26.0. The largest absolute Gasteiger partial charge is 0.493 e. The lowest BCUT2D eigenvalue weighted by molar-refractivity contribution is 0.0473. The van der Waals surface area contributed by atoms with Gasteiger partial charge in [-0.25, -0.2) is 4.79 Å². The van der Waals surface area contributed by atoms with Gasteiger partial charge < -0.3 is 29.0 Å². The average Bonchev–Trinajstić information content (AvgIpc) is 3.49. The zero-order valence-corrected chi connectivity index (χ0v) is 18.7. The molecule has 0 saturated carbocycles. The number of methoxy groups -OCH3 is 2. The molecule has 0 spiro atoms. The molecule has 1 amide bonds. The summed E-state index contributed by atoms with van der Waals surface area (Å²) in [5.74, 6) is 0.594. The maximum absolute atomic E-state index is 12.9. The molecule has 1 N–H and O–H groups in total. The summed E-state index contributed by atoms with van der Waals surface area (Å²) in [5, 5.41) is 4.89. The summed E-state index contributed by atoms with van der Waals surface area (Å²) in [7, 11) is 2.91. The number of halogens is 1. The lowest BCUT2D eigenvalue weighted by Crippen LogP contribution is -2.15. The molecule has 10 heteroatoms. The highest BCUT2D eigenvalue weighted by molar-refractivity contribution is 7.12. The monoisotopic (exact) mass is 475 g/mol. The predicted octanol–water partition coefficient (Wildman–Crippen LogP) is 4.76. The summed E-state index contributed by atoms with van der Waals surface area (Å²) in [6, 6.07) is 9.74. The Bertz CT molecular complexity index is 1160. The first-order valence-electron chi connectivity index (χ1n) is 9.36.